The van der Waals surface area contributed by atoms with Crippen molar-refractivity contribution in [1.82, 2.24) is 9.47 Å². The minimum atomic E-state index is -1.31. The first-order chi connectivity index (χ1) is 16.4. The molecule has 0 unspecified atom stereocenters. The van der Waals surface area contributed by atoms with Gasteiger partial charge in [0.1, 0.15) is 11.4 Å². The molecule has 1 aromatic carbocycles. The summed E-state index contributed by atoms with van der Waals surface area (Å²) in [5.41, 5.74) is 0.760. The van der Waals surface area contributed by atoms with Gasteiger partial charge in [-0.25, -0.2) is 9.18 Å². The first kappa shape index (κ1) is 21.9. The van der Waals surface area contributed by atoms with E-state index in [4.69, 9.17) is 4.42 Å². The highest BCUT2D eigenvalue weighted by Crippen LogP contribution is 2.34. The summed E-state index contributed by atoms with van der Waals surface area (Å²) in [4.78, 5) is 41.8. The van der Waals surface area contributed by atoms with Gasteiger partial charge in [0.2, 0.25) is 0 Å². The standard InChI is InChI=1S/C24H20FN3O5S/c25-16-5-3-15(4-6-16)14-28-17-7-13-34-21(17)20(19(23(28)30)24(31)32)26-8-10-27(11-9-26)22(29)18-2-1-12-33-18/h1-7,12-13H,8-11,14H2,(H,31,32). The summed E-state index contributed by atoms with van der Waals surface area (Å²) in [5, 5.41) is 11.8. The molecule has 0 spiro atoms. The molecular formula is C24H20FN3O5S. The molecule has 1 aliphatic rings. The lowest BCUT2D eigenvalue weighted by Crippen LogP contribution is -2.49. The number of nitrogens with zero attached hydrogens (tertiary/aromatic N) is 3. The van der Waals surface area contributed by atoms with Crippen molar-refractivity contribution in [1.29, 1.82) is 0 Å². The number of halogens is 1. The van der Waals surface area contributed by atoms with Crippen LogP contribution in [0.1, 0.15) is 26.5 Å². The number of carboxylic acid groups (broad SMARTS) is 1. The number of hydrogen-bond acceptors (Lipinski definition) is 6. The zero-order chi connectivity index (χ0) is 23.8. The number of fused-ring (bicyclic) bond motifs is 1. The average Bonchev–Trinajstić information content (AvgIpc) is 3.54. The minimum Gasteiger partial charge on any atom is -0.477 e. The van der Waals surface area contributed by atoms with Crippen molar-refractivity contribution in [2.75, 3.05) is 31.1 Å². The number of carboxylic acids is 1. The molecule has 8 nitrogen and oxygen atoms in total. The van der Waals surface area contributed by atoms with Crippen LogP contribution >= 0.6 is 11.3 Å². The van der Waals surface area contributed by atoms with Gasteiger partial charge < -0.3 is 23.9 Å². The number of aromatic nitrogens is 1. The van der Waals surface area contributed by atoms with Gasteiger partial charge in [-0.15, -0.1) is 11.3 Å². The fraction of sp³-hybridized carbons (Fsp3) is 0.208. The molecule has 34 heavy (non-hydrogen) atoms. The predicted molar refractivity (Wildman–Crippen MR) is 125 cm³/mol. The van der Waals surface area contributed by atoms with Crippen LogP contribution in [0.3, 0.4) is 0 Å². The number of rotatable bonds is 5. The number of thiophene rings is 1. The number of carbonyl (C=O) groups is 2. The van der Waals surface area contributed by atoms with Gasteiger partial charge in [0, 0.05) is 26.2 Å². The smallest absolute Gasteiger partial charge is 0.343 e. The van der Waals surface area contributed by atoms with E-state index in [1.807, 2.05) is 10.3 Å². The van der Waals surface area contributed by atoms with Gasteiger partial charge in [-0.1, -0.05) is 12.1 Å². The molecule has 0 saturated carbocycles. The van der Waals surface area contributed by atoms with Crippen molar-refractivity contribution in [3.8, 4) is 0 Å². The van der Waals surface area contributed by atoms with E-state index < -0.39 is 11.5 Å². The van der Waals surface area contributed by atoms with Gasteiger partial charge in [-0.2, -0.15) is 0 Å². The Bertz CT molecular complexity index is 1420. The van der Waals surface area contributed by atoms with E-state index in [9.17, 15) is 23.9 Å². The van der Waals surface area contributed by atoms with Crippen LogP contribution in [0.2, 0.25) is 0 Å². The SMILES string of the molecule is O=C(O)c1c(N2CCN(C(=O)c3ccco3)CC2)c2sccc2n(Cc2ccc(F)cc2)c1=O. The summed E-state index contributed by atoms with van der Waals surface area (Å²) in [6.07, 6.45) is 1.44. The number of hydrogen-bond donors (Lipinski definition) is 1. The van der Waals surface area contributed by atoms with Crippen LogP contribution < -0.4 is 10.5 Å². The molecular weight excluding hydrogens is 461 g/mol. The number of piperazine rings is 1. The molecule has 3 aromatic heterocycles. The second-order valence-corrected chi connectivity index (χ2v) is 8.85. The zero-order valence-corrected chi connectivity index (χ0v) is 18.8. The second kappa shape index (κ2) is 8.79. The van der Waals surface area contributed by atoms with E-state index in [1.54, 1.807) is 35.2 Å². The van der Waals surface area contributed by atoms with Crippen molar-refractivity contribution >= 4 is 39.1 Å². The highest BCUT2D eigenvalue weighted by atomic mass is 32.1. The van der Waals surface area contributed by atoms with E-state index in [-0.39, 0.29) is 29.6 Å². The van der Waals surface area contributed by atoms with Crippen LogP contribution in [-0.2, 0) is 6.54 Å². The van der Waals surface area contributed by atoms with Gasteiger partial charge in [0.05, 0.1) is 28.7 Å². The molecule has 10 heteroatoms. The number of pyridine rings is 1. The Hall–Kier alpha value is -3.92. The average molecular weight is 482 g/mol. The van der Waals surface area contributed by atoms with Crippen LogP contribution in [0.15, 0.2) is 63.3 Å². The molecule has 1 aliphatic heterocycles. The van der Waals surface area contributed by atoms with Crippen LogP contribution in [0.4, 0.5) is 10.1 Å². The third-order valence-electron chi connectivity index (χ3n) is 5.93. The van der Waals surface area contributed by atoms with Gasteiger partial charge in [0.25, 0.3) is 11.5 Å². The molecule has 174 valence electrons. The molecule has 0 atom stereocenters. The van der Waals surface area contributed by atoms with Crippen molar-refractivity contribution in [3.63, 3.8) is 0 Å². The minimum absolute atomic E-state index is 0.123. The molecule has 0 bridgehead atoms. The lowest BCUT2D eigenvalue weighted by atomic mass is 10.1. The third kappa shape index (κ3) is 3.86. The van der Waals surface area contributed by atoms with Gasteiger partial charge in [-0.3, -0.25) is 9.59 Å². The Morgan fingerprint density at radius 2 is 1.79 bits per heavy atom. The Morgan fingerprint density at radius 3 is 2.44 bits per heavy atom. The summed E-state index contributed by atoms with van der Waals surface area (Å²) in [5.74, 6) is -1.66. The molecule has 1 N–H and O–H groups in total. The molecule has 0 aliphatic carbocycles. The zero-order valence-electron chi connectivity index (χ0n) is 17.9. The molecule has 0 radical (unpaired) electrons. The maximum atomic E-state index is 13.4. The maximum absolute atomic E-state index is 13.4. The summed E-state index contributed by atoms with van der Waals surface area (Å²) in [7, 11) is 0. The Balaban J connectivity index is 1.51. The van der Waals surface area contributed by atoms with Gasteiger partial charge >= 0.3 is 5.97 Å². The normalized spacial score (nSPS) is 14.0. The Kier molecular flexibility index (Phi) is 5.66. The summed E-state index contributed by atoms with van der Waals surface area (Å²) in [6, 6.07) is 10.8. The maximum Gasteiger partial charge on any atom is 0.343 e. The molecule has 1 amide bonds. The number of carbonyl (C=O) groups excluding carboxylic acids is 1. The fourth-order valence-electron chi connectivity index (χ4n) is 4.26. The Labute approximate surface area is 197 Å². The molecule has 4 aromatic rings. The number of aromatic carboxylic acids is 1. The third-order valence-corrected chi connectivity index (χ3v) is 6.84. The topological polar surface area (TPSA) is 96.0 Å². The van der Waals surface area contributed by atoms with Crippen LogP contribution in [0.5, 0.6) is 0 Å². The van der Waals surface area contributed by atoms with E-state index in [2.05, 4.69) is 0 Å². The Morgan fingerprint density at radius 1 is 1.06 bits per heavy atom. The highest BCUT2D eigenvalue weighted by Gasteiger charge is 2.30. The van der Waals surface area contributed by atoms with Crippen LogP contribution in [0.25, 0.3) is 10.2 Å². The van der Waals surface area contributed by atoms with Crippen molar-refractivity contribution in [2.45, 2.75) is 6.54 Å². The van der Waals surface area contributed by atoms with Crippen molar-refractivity contribution in [2.24, 2.45) is 0 Å². The van der Waals surface area contributed by atoms with E-state index in [1.165, 1.54) is 34.3 Å². The van der Waals surface area contributed by atoms with Crippen molar-refractivity contribution in [3.05, 3.63) is 87.2 Å². The van der Waals surface area contributed by atoms with E-state index >= 15 is 0 Å². The predicted octanol–water partition coefficient (Wildman–Crippen LogP) is 3.50. The number of benzene rings is 1. The summed E-state index contributed by atoms with van der Waals surface area (Å²) in [6.45, 7) is 1.61. The monoisotopic (exact) mass is 481 g/mol. The summed E-state index contributed by atoms with van der Waals surface area (Å²) < 4.78 is 20.6. The van der Waals surface area contributed by atoms with Gasteiger partial charge in [0.15, 0.2) is 5.76 Å². The first-order valence-electron chi connectivity index (χ1n) is 10.6. The summed E-state index contributed by atoms with van der Waals surface area (Å²) >= 11 is 1.36. The first-order valence-corrected chi connectivity index (χ1v) is 11.5. The number of furan rings is 1. The van der Waals surface area contributed by atoms with Gasteiger partial charge in [-0.05, 0) is 41.3 Å². The quantitative estimate of drug-likeness (QED) is 0.469. The lowest BCUT2D eigenvalue weighted by molar-refractivity contribution is 0.0686. The molecule has 4 heterocycles. The van der Waals surface area contributed by atoms with E-state index in [0.717, 1.165) is 0 Å². The fourth-order valence-corrected chi connectivity index (χ4v) is 5.24. The molecule has 5 rings (SSSR count). The second-order valence-electron chi connectivity index (χ2n) is 7.94. The highest BCUT2D eigenvalue weighted by molar-refractivity contribution is 7.17. The van der Waals surface area contributed by atoms with E-state index in [0.29, 0.717) is 47.6 Å². The molecule has 1 saturated heterocycles. The lowest BCUT2D eigenvalue weighted by Gasteiger charge is -2.36. The van der Waals surface area contributed by atoms with Crippen LogP contribution in [0, 0.1) is 5.82 Å². The van der Waals surface area contributed by atoms with Crippen LogP contribution in [-0.4, -0.2) is 52.6 Å². The van der Waals surface area contributed by atoms with Crippen molar-refractivity contribution < 1.29 is 23.5 Å². The number of anilines is 1. The molecule has 1 fully saturated rings. The number of amides is 1. The largest absolute Gasteiger partial charge is 0.477 e.